The number of ether oxygens (including phenoxy) is 1. The van der Waals surface area contributed by atoms with Gasteiger partial charge in [-0.1, -0.05) is 54.1 Å². The summed E-state index contributed by atoms with van der Waals surface area (Å²) < 4.78 is 5.25. The van der Waals surface area contributed by atoms with E-state index < -0.39 is 6.04 Å². The van der Waals surface area contributed by atoms with Gasteiger partial charge in [0.05, 0.1) is 30.3 Å². The van der Waals surface area contributed by atoms with Gasteiger partial charge in [0.2, 0.25) is 11.7 Å². The smallest absolute Gasteiger partial charge is 0.244 e. The summed E-state index contributed by atoms with van der Waals surface area (Å²) in [6.45, 7) is 0.267. The number of thiophene rings is 1. The molecular weight excluding hydrogens is 480 g/mol. The van der Waals surface area contributed by atoms with Crippen molar-refractivity contribution in [3.8, 4) is 5.75 Å². The van der Waals surface area contributed by atoms with Gasteiger partial charge in [0, 0.05) is 10.6 Å². The first-order valence-corrected chi connectivity index (χ1v) is 12.3. The lowest BCUT2D eigenvalue weighted by atomic mass is 10.0. The number of amides is 1. The number of ketones is 1. The number of halogens is 1. The highest BCUT2D eigenvalue weighted by molar-refractivity contribution is 7.13. The van der Waals surface area contributed by atoms with E-state index in [1.165, 1.54) is 11.3 Å². The van der Waals surface area contributed by atoms with Crippen molar-refractivity contribution < 1.29 is 14.3 Å². The fourth-order valence-electron chi connectivity index (χ4n) is 3.77. The zero-order valence-electron chi connectivity index (χ0n) is 19.2. The lowest BCUT2D eigenvalue weighted by Crippen LogP contribution is -2.45. The van der Waals surface area contributed by atoms with Crippen molar-refractivity contribution in [2.24, 2.45) is 5.73 Å². The van der Waals surface area contributed by atoms with E-state index in [0.29, 0.717) is 27.6 Å². The molecule has 7 heteroatoms. The van der Waals surface area contributed by atoms with E-state index in [1.54, 1.807) is 42.3 Å². The highest BCUT2D eigenvalue weighted by atomic mass is 35.5. The van der Waals surface area contributed by atoms with E-state index in [1.807, 2.05) is 60.0 Å². The molecule has 1 atom stereocenters. The van der Waals surface area contributed by atoms with Crippen LogP contribution in [-0.4, -0.2) is 24.8 Å². The lowest BCUT2D eigenvalue weighted by Gasteiger charge is -2.26. The van der Waals surface area contributed by atoms with Crippen molar-refractivity contribution >= 4 is 40.3 Å². The number of nitrogens with zero attached hydrogens (tertiary/aromatic N) is 1. The first kappa shape index (κ1) is 24.7. The molecule has 0 fully saturated rings. The van der Waals surface area contributed by atoms with Gasteiger partial charge in [-0.15, -0.1) is 11.3 Å². The Morgan fingerprint density at radius 2 is 1.63 bits per heavy atom. The third-order valence-corrected chi connectivity index (χ3v) is 6.78. The van der Waals surface area contributed by atoms with Crippen molar-refractivity contribution in [1.82, 2.24) is 0 Å². The third-order valence-electron chi connectivity index (χ3n) is 5.63. The van der Waals surface area contributed by atoms with Gasteiger partial charge in [-0.25, -0.2) is 0 Å². The molecule has 0 saturated heterocycles. The summed E-state index contributed by atoms with van der Waals surface area (Å²) in [5, 5.41) is 2.37. The van der Waals surface area contributed by atoms with Gasteiger partial charge in [0.15, 0.2) is 0 Å². The van der Waals surface area contributed by atoms with Crippen molar-refractivity contribution in [2.45, 2.75) is 19.0 Å². The number of hydrogen-bond acceptors (Lipinski definition) is 5. The van der Waals surface area contributed by atoms with Crippen LogP contribution in [0.2, 0.25) is 5.02 Å². The van der Waals surface area contributed by atoms with Crippen LogP contribution >= 0.6 is 22.9 Å². The molecule has 2 N–H and O–H groups in total. The van der Waals surface area contributed by atoms with Gasteiger partial charge < -0.3 is 15.4 Å². The van der Waals surface area contributed by atoms with E-state index in [0.717, 1.165) is 16.9 Å². The Morgan fingerprint density at radius 3 is 2.29 bits per heavy atom. The van der Waals surface area contributed by atoms with Crippen LogP contribution in [0.1, 0.15) is 26.4 Å². The van der Waals surface area contributed by atoms with Crippen molar-refractivity contribution in [2.75, 3.05) is 12.0 Å². The summed E-state index contributed by atoms with van der Waals surface area (Å²) in [4.78, 5) is 29.1. The minimum absolute atomic E-state index is 0.171. The van der Waals surface area contributed by atoms with Gasteiger partial charge in [0.25, 0.3) is 0 Å². The number of anilines is 1. The maximum atomic E-state index is 13.7. The molecule has 4 rings (SSSR count). The zero-order chi connectivity index (χ0) is 24.8. The topological polar surface area (TPSA) is 72.6 Å². The summed E-state index contributed by atoms with van der Waals surface area (Å²) in [5.41, 5.74) is 9.31. The molecule has 0 bridgehead atoms. The van der Waals surface area contributed by atoms with Gasteiger partial charge in [-0.05, 0) is 65.4 Å². The van der Waals surface area contributed by atoms with E-state index in [9.17, 15) is 9.59 Å². The van der Waals surface area contributed by atoms with Gasteiger partial charge in [-0.3, -0.25) is 9.59 Å². The second-order valence-electron chi connectivity index (χ2n) is 8.04. The average Bonchev–Trinajstić information content (AvgIpc) is 3.37. The van der Waals surface area contributed by atoms with Crippen LogP contribution in [0.3, 0.4) is 0 Å². The SMILES string of the molecule is COc1ccc(CN(C(=O)[C@@H](N)Cc2ccccc2)c2ccsc2C(=O)c2ccc(Cl)cc2)cc1. The third kappa shape index (κ3) is 5.98. The van der Waals surface area contributed by atoms with Crippen LogP contribution in [0, 0.1) is 0 Å². The zero-order valence-corrected chi connectivity index (χ0v) is 20.8. The molecule has 35 heavy (non-hydrogen) atoms. The maximum Gasteiger partial charge on any atom is 0.244 e. The number of benzene rings is 3. The van der Waals surface area contributed by atoms with E-state index >= 15 is 0 Å². The lowest BCUT2D eigenvalue weighted by molar-refractivity contribution is -0.120. The summed E-state index contributed by atoms with van der Waals surface area (Å²) >= 11 is 7.29. The van der Waals surface area contributed by atoms with Crippen LogP contribution in [-0.2, 0) is 17.8 Å². The summed E-state index contributed by atoms with van der Waals surface area (Å²) in [6.07, 6.45) is 0.392. The summed E-state index contributed by atoms with van der Waals surface area (Å²) in [5.74, 6) is 0.297. The molecule has 0 aliphatic rings. The molecule has 1 amide bonds. The summed E-state index contributed by atoms with van der Waals surface area (Å²) in [7, 11) is 1.60. The Morgan fingerprint density at radius 1 is 0.943 bits per heavy atom. The predicted molar refractivity (Wildman–Crippen MR) is 142 cm³/mol. The second kappa shape index (κ2) is 11.3. The number of rotatable bonds is 9. The molecule has 0 aliphatic carbocycles. The first-order chi connectivity index (χ1) is 17.0. The van der Waals surface area contributed by atoms with Crippen molar-refractivity contribution in [3.05, 3.63) is 117 Å². The molecule has 5 nitrogen and oxygen atoms in total. The molecule has 0 spiro atoms. The van der Waals surface area contributed by atoms with Crippen LogP contribution in [0.5, 0.6) is 5.75 Å². The molecule has 4 aromatic rings. The minimum atomic E-state index is -0.769. The average molecular weight is 505 g/mol. The Balaban J connectivity index is 1.67. The molecule has 3 aromatic carbocycles. The molecular formula is C28H25ClN2O3S. The van der Waals surface area contributed by atoms with Crippen molar-refractivity contribution in [1.29, 1.82) is 0 Å². The maximum absolute atomic E-state index is 13.7. The molecule has 178 valence electrons. The number of carbonyl (C=O) groups is 2. The largest absolute Gasteiger partial charge is 0.497 e. The molecule has 0 radical (unpaired) electrons. The molecule has 0 saturated carbocycles. The quantitative estimate of drug-likeness (QED) is 0.295. The van der Waals surface area contributed by atoms with Crippen LogP contribution in [0.15, 0.2) is 90.3 Å². The van der Waals surface area contributed by atoms with Gasteiger partial charge >= 0.3 is 0 Å². The molecule has 1 heterocycles. The molecule has 1 aromatic heterocycles. The minimum Gasteiger partial charge on any atom is -0.497 e. The Kier molecular flexibility index (Phi) is 7.98. The van der Waals surface area contributed by atoms with Gasteiger partial charge in [-0.2, -0.15) is 0 Å². The van der Waals surface area contributed by atoms with Crippen LogP contribution in [0.25, 0.3) is 0 Å². The Labute approximate surface area is 213 Å². The highest BCUT2D eigenvalue weighted by Crippen LogP contribution is 2.31. The number of hydrogen-bond donors (Lipinski definition) is 1. The van der Waals surface area contributed by atoms with E-state index in [-0.39, 0.29) is 18.2 Å². The molecule has 0 unspecified atom stereocenters. The fraction of sp³-hybridized carbons (Fsp3) is 0.143. The fourth-order valence-corrected chi connectivity index (χ4v) is 4.75. The Bertz CT molecular complexity index is 1290. The Hall–Kier alpha value is -3.45. The highest BCUT2D eigenvalue weighted by Gasteiger charge is 2.28. The normalized spacial score (nSPS) is 11.6. The van der Waals surface area contributed by atoms with E-state index in [4.69, 9.17) is 22.1 Å². The van der Waals surface area contributed by atoms with Crippen LogP contribution in [0.4, 0.5) is 5.69 Å². The van der Waals surface area contributed by atoms with E-state index in [2.05, 4.69) is 0 Å². The monoisotopic (exact) mass is 504 g/mol. The second-order valence-corrected chi connectivity index (χ2v) is 9.39. The van der Waals surface area contributed by atoms with Crippen molar-refractivity contribution in [3.63, 3.8) is 0 Å². The number of methoxy groups -OCH3 is 1. The standard InChI is InChI=1S/C28H25ClN2O3S/c1-34-23-13-7-20(8-14-23)18-31(28(33)24(30)17-19-5-3-2-4-6-19)25-15-16-35-27(25)26(32)21-9-11-22(29)12-10-21/h2-16,24H,17-18,30H2,1H3/t24-/m0/s1. The number of carbonyl (C=O) groups excluding carboxylic acids is 2. The predicted octanol–water partition coefficient (Wildman–Crippen LogP) is 5.74. The summed E-state index contributed by atoms with van der Waals surface area (Å²) in [6, 6.07) is 24.9. The van der Waals surface area contributed by atoms with Gasteiger partial charge in [0.1, 0.15) is 5.75 Å². The number of nitrogens with two attached hydrogens (primary N) is 1. The first-order valence-electron chi connectivity index (χ1n) is 11.1. The van der Waals surface area contributed by atoms with Crippen LogP contribution < -0.4 is 15.4 Å². The molecule has 0 aliphatic heterocycles.